The fourth-order valence-corrected chi connectivity index (χ4v) is 1.94. The van der Waals surface area contributed by atoms with Crippen molar-refractivity contribution in [3.05, 3.63) is 16.3 Å². The number of aromatic nitrogens is 1. The van der Waals surface area contributed by atoms with Crippen LogP contribution in [-0.2, 0) is 0 Å². The van der Waals surface area contributed by atoms with Gasteiger partial charge >= 0.3 is 0 Å². The van der Waals surface area contributed by atoms with E-state index in [1.165, 1.54) is 12.1 Å². The maximum atomic E-state index is 5.27. The zero-order chi connectivity index (χ0) is 8.93. The average Bonchev–Trinajstić information content (AvgIpc) is 2.40. The molecule has 2 nitrogen and oxygen atoms in total. The first-order valence-electron chi connectivity index (χ1n) is 4.20. The van der Waals surface area contributed by atoms with Gasteiger partial charge in [-0.3, -0.25) is 0 Å². The highest BCUT2D eigenvalue weighted by Crippen LogP contribution is 2.58. The van der Waals surface area contributed by atoms with Crippen LogP contribution in [0.5, 0.6) is 0 Å². The summed E-state index contributed by atoms with van der Waals surface area (Å²) in [4.78, 5) is 3.61. The fraction of sp³-hybridized carbons (Fsp3) is 0.667. The molecule has 66 valence electrons. The van der Waals surface area contributed by atoms with E-state index in [-0.39, 0.29) is 0 Å². The summed E-state index contributed by atoms with van der Waals surface area (Å²) in [7, 11) is 0. The lowest BCUT2D eigenvalue weighted by molar-refractivity contribution is 0.507. The molecule has 1 aliphatic carbocycles. The molecular weight excluding hydrogens is 170 g/mol. The molecule has 0 amide bonds. The molecule has 0 radical (unpaired) electrons. The molecule has 0 aliphatic heterocycles. The number of H-pyrrole nitrogens is 1. The smallest absolute Gasteiger partial charge is 0.266 e. The van der Waals surface area contributed by atoms with Crippen LogP contribution < -0.4 is 0 Å². The Kier molecular flexibility index (Phi) is 1.49. The lowest BCUT2D eigenvalue weighted by Gasteiger charge is -1.99. The molecule has 1 fully saturated rings. The number of hydrogen-bond acceptors (Lipinski definition) is 2. The quantitative estimate of drug-likeness (QED) is 0.677. The van der Waals surface area contributed by atoms with Crippen molar-refractivity contribution in [2.24, 2.45) is 5.41 Å². The standard InChI is InChI=1S/C9H13NOS/c1-5-7(10-8(12)11-5)6-4-9(6,2)3/h6H,4H2,1-3H3,(H,10,12). The van der Waals surface area contributed by atoms with E-state index >= 15 is 0 Å². The van der Waals surface area contributed by atoms with E-state index in [9.17, 15) is 0 Å². The van der Waals surface area contributed by atoms with E-state index in [0.717, 1.165) is 5.76 Å². The van der Waals surface area contributed by atoms with Crippen molar-refractivity contribution in [3.63, 3.8) is 0 Å². The fourth-order valence-electron chi connectivity index (χ4n) is 1.71. The van der Waals surface area contributed by atoms with E-state index in [4.69, 9.17) is 16.6 Å². The number of aromatic amines is 1. The van der Waals surface area contributed by atoms with Crippen molar-refractivity contribution in [3.8, 4) is 0 Å². The summed E-state index contributed by atoms with van der Waals surface area (Å²) < 4.78 is 5.27. The van der Waals surface area contributed by atoms with E-state index in [0.29, 0.717) is 16.2 Å². The molecular formula is C9H13NOS. The van der Waals surface area contributed by atoms with Crippen molar-refractivity contribution in [2.75, 3.05) is 0 Å². The molecule has 1 atom stereocenters. The van der Waals surface area contributed by atoms with Gasteiger partial charge in [-0.15, -0.1) is 0 Å². The third-order valence-electron chi connectivity index (χ3n) is 2.72. The summed E-state index contributed by atoms with van der Waals surface area (Å²) in [5.41, 5.74) is 1.64. The summed E-state index contributed by atoms with van der Waals surface area (Å²) in [5, 5.41) is 0. The predicted molar refractivity (Wildman–Crippen MR) is 49.8 cm³/mol. The van der Waals surface area contributed by atoms with E-state index in [1.807, 2.05) is 6.92 Å². The number of hydrogen-bond donors (Lipinski definition) is 1. The van der Waals surface area contributed by atoms with Gasteiger partial charge in [0, 0.05) is 5.92 Å². The molecule has 1 aliphatic rings. The molecule has 1 unspecified atom stereocenters. The Morgan fingerprint density at radius 3 is 2.50 bits per heavy atom. The van der Waals surface area contributed by atoms with Gasteiger partial charge in [-0.2, -0.15) is 0 Å². The Bertz CT molecular complexity index is 361. The Hall–Kier alpha value is -0.570. The van der Waals surface area contributed by atoms with Crippen LogP contribution in [0, 0.1) is 17.2 Å². The summed E-state index contributed by atoms with van der Waals surface area (Å²) >= 11 is 4.92. The highest BCUT2D eigenvalue weighted by molar-refractivity contribution is 7.71. The minimum Gasteiger partial charge on any atom is -0.435 e. The van der Waals surface area contributed by atoms with Gasteiger partial charge < -0.3 is 9.40 Å². The van der Waals surface area contributed by atoms with E-state index in [2.05, 4.69) is 18.8 Å². The highest BCUT2D eigenvalue weighted by atomic mass is 32.1. The Balaban J connectivity index is 2.37. The van der Waals surface area contributed by atoms with Gasteiger partial charge in [-0.1, -0.05) is 13.8 Å². The summed E-state index contributed by atoms with van der Waals surface area (Å²) in [6, 6.07) is 0. The molecule has 0 saturated heterocycles. The van der Waals surface area contributed by atoms with Gasteiger partial charge in [0.25, 0.3) is 4.84 Å². The van der Waals surface area contributed by atoms with Crippen molar-refractivity contribution >= 4 is 12.2 Å². The first-order chi connectivity index (χ1) is 5.50. The zero-order valence-electron chi connectivity index (χ0n) is 7.60. The molecule has 0 bridgehead atoms. The van der Waals surface area contributed by atoms with Crippen LogP contribution in [0.3, 0.4) is 0 Å². The van der Waals surface area contributed by atoms with E-state index in [1.54, 1.807) is 0 Å². The van der Waals surface area contributed by atoms with Crippen molar-refractivity contribution in [1.29, 1.82) is 0 Å². The molecule has 0 spiro atoms. The van der Waals surface area contributed by atoms with Crippen LogP contribution in [-0.4, -0.2) is 4.98 Å². The lowest BCUT2D eigenvalue weighted by Crippen LogP contribution is -1.91. The topological polar surface area (TPSA) is 28.9 Å². The maximum Gasteiger partial charge on any atom is 0.266 e. The van der Waals surface area contributed by atoms with Crippen molar-refractivity contribution < 1.29 is 4.42 Å². The van der Waals surface area contributed by atoms with Crippen LogP contribution in [0.25, 0.3) is 0 Å². The minimum absolute atomic E-state index is 0.437. The SMILES string of the molecule is Cc1oc(=S)[nH]c1C1CC1(C)C. The van der Waals surface area contributed by atoms with Gasteiger partial charge in [0.15, 0.2) is 0 Å². The monoisotopic (exact) mass is 183 g/mol. The van der Waals surface area contributed by atoms with Crippen molar-refractivity contribution in [2.45, 2.75) is 33.1 Å². The molecule has 1 N–H and O–H groups in total. The number of oxazole rings is 1. The summed E-state index contributed by atoms with van der Waals surface area (Å²) in [6.07, 6.45) is 1.23. The molecule has 0 aromatic carbocycles. The molecule has 2 rings (SSSR count). The molecule has 1 aromatic heterocycles. The van der Waals surface area contributed by atoms with Crippen LogP contribution in [0.1, 0.15) is 37.6 Å². The van der Waals surface area contributed by atoms with Crippen LogP contribution in [0.4, 0.5) is 0 Å². The zero-order valence-corrected chi connectivity index (χ0v) is 8.42. The molecule has 3 heteroatoms. The van der Waals surface area contributed by atoms with Crippen molar-refractivity contribution in [1.82, 2.24) is 4.98 Å². The van der Waals surface area contributed by atoms with Gasteiger partial charge in [-0.05, 0) is 31.0 Å². The van der Waals surface area contributed by atoms with Crippen LogP contribution in [0.2, 0.25) is 0 Å². The second kappa shape index (κ2) is 2.22. The van der Waals surface area contributed by atoms with Crippen LogP contribution in [0.15, 0.2) is 4.42 Å². The summed E-state index contributed by atoms with van der Waals surface area (Å²) in [5.74, 6) is 1.58. The molecule has 12 heavy (non-hydrogen) atoms. The Morgan fingerprint density at radius 1 is 1.58 bits per heavy atom. The van der Waals surface area contributed by atoms with Crippen LogP contribution >= 0.6 is 12.2 Å². The second-order valence-corrected chi connectivity index (χ2v) is 4.60. The average molecular weight is 183 g/mol. The van der Waals surface area contributed by atoms with E-state index < -0.39 is 0 Å². The Morgan fingerprint density at radius 2 is 2.17 bits per heavy atom. The largest absolute Gasteiger partial charge is 0.435 e. The normalized spacial score (nSPS) is 25.8. The molecule has 1 saturated carbocycles. The summed E-state index contributed by atoms with van der Waals surface area (Å²) in [6.45, 7) is 6.50. The second-order valence-electron chi connectivity index (χ2n) is 4.23. The first kappa shape index (κ1) is 8.05. The third-order valence-corrected chi connectivity index (χ3v) is 2.91. The van der Waals surface area contributed by atoms with Gasteiger partial charge in [-0.25, -0.2) is 0 Å². The maximum absolute atomic E-state index is 5.27. The third kappa shape index (κ3) is 1.12. The van der Waals surface area contributed by atoms with Gasteiger partial charge in [0.1, 0.15) is 5.76 Å². The minimum atomic E-state index is 0.437. The molecule has 1 aromatic rings. The van der Waals surface area contributed by atoms with Gasteiger partial charge in [0.05, 0.1) is 5.69 Å². The van der Waals surface area contributed by atoms with Gasteiger partial charge in [0.2, 0.25) is 0 Å². The number of rotatable bonds is 1. The molecule has 1 heterocycles. The Labute approximate surface area is 77.0 Å². The number of aryl methyl sites for hydroxylation is 1. The highest BCUT2D eigenvalue weighted by Gasteiger charge is 2.48. The number of nitrogens with one attached hydrogen (secondary N) is 1. The lowest BCUT2D eigenvalue weighted by atomic mass is 10.1. The first-order valence-corrected chi connectivity index (χ1v) is 4.61. The predicted octanol–water partition coefficient (Wildman–Crippen LogP) is 3.16.